The Hall–Kier alpha value is -3.39. The number of anilines is 1. The Labute approximate surface area is 185 Å². The van der Waals surface area contributed by atoms with Crippen molar-refractivity contribution in [2.75, 3.05) is 33.1 Å². The highest BCUT2D eigenvalue weighted by Gasteiger charge is 2.19. The Balaban J connectivity index is 1.68. The molecule has 3 aromatic rings. The van der Waals surface area contributed by atoms with Crippen molar-refractivity contribution in [3.8, 4) is 22.1 Å². The number of carbonyl (C=O) groups is 2. The van der Waals surface area contributed by atoms with Crippen LogP contribution in [0.2, 0.25) is 0 Å². The van der Waals surface area contributed by atoms with E-state index in [1.807, 2.05) is 44.2 Å². The molecule has 162 valence electrons. The molecular formula is C23H25N3O4S. The maximum atomic E-state index is 12.8. The summed E-state index contributed by atoms with van der Waals surface area (Å²) in [4.78, 5) is 31.0. The number of hydrogen-bond donors (Lipinski definition) is 1. The van der Waals surface area contributed by atoms with Crippen molar-refractivity contribution in [2.24, 2.45) is 0 Å². The zero-order valence-corrected chi connectivity index (χ0v) is 19.0. The third kappa shape index (κ3) is 5.21. The van der Waals surface area contributed by atoms with Crippen LogP contribution >= 0.6 is 11.3 Å². The van der Waals surface area contributed by atoms with Gasteiger partial charge in [0.25, 0.3) is 5.91 Å². The number of aromatic nitrogens is 1. The number of thiazole rings is 1. The molecule has 0 bridgehead atoms. The molecule has 0 aliphatic carbocycles. The van der Waals surface area contributed by atoms with Crippen molar-refractivity contribution >= 4 is 28.8 Å². The number of hydrogen-bond acceptors (Lipinski definition) is 6. The van der Waals surface area contributed by atoms with Gasteiger partial charge in [0.05, 0.1) is 20.8 Å². The van der Waals surface area contributed by atoms with Crippen LogP contribution in [-0.2, 0) is 4.79 Å². The van der Waals surface area contributed by atoms with Gasteiger partial charge in [-0.05, 0) is 49.2 Å². The molecule has 31 heavy (non-hydrogen) atoms. The van der Waals surface area contributed by atoms with E-state index >= 15 is 0 Å². The molecule has 1 aromatic heterocycles. The van der Waals surface area contributed by atoms with Gasteiger partial charge in [-0.2, -0.15) is 0 Å². The van der Waals surface area contributed by atoms with Crippen LogP contribution in [0.25, 0.3) is 10.6 Å². The summed E-state index contributed by atoms with van der Waals surface area (Å²) in [7, 11) is 4.72. The topological polar surface area (TPSA) is 80.8 Å². The van der Waals surface area contributed by atoms with E-state index in [-0.39, 0.29) is 24.1 Å². The van der Waals surface area contributed by atoms with Crippen LogP contribution in [0.5, 0.6) is 11.5 Å². The first-order valence-corrected chi connectivity index (χ1v) is 10.5. The van der Waals surface area contributed by atoms with Crippen molar-refractivity contribution in [2.45, 2.75) is 13.8 Å². The molecule has 0 fully saturated rings. The highest BCUT2D eigenvalue weighted by molar-refractivity contribution is 7.13. The van der Waals surface area contributed by atoms with Gasteiger partial charge in [0.15, 0.2) is 11.5 Å². The quantitative estimate of drug-likeness (QED) is 0.598. The second kappa shape index (κ2) is 9.61. The van der Waals surface area contributed by atoms with Crippen molar-refractivity contribution in [3.05, 3.63) is 58.6 Å². The number of ether oxygens (including phenoxy) is 2. The molecule has 7 nitrogen and oxygen atoms in total. The van der Waals surface area contributed by atoms with Crippen LogP contribution in [-0.4, -0.2) is 49.5 Å². The fourth-order valence-electron chi connectivity index (χ4n) is 3.02. The lowest BCUT2D eigenvalue weighted by molar-refractivity contribution is -0.116. The molecule has 0 aliphatic heterocycles. The molecule has 0 aliphatic rings. The molecule has 0 unspecified atom stereocenters. The highest BCUT2D eigenvalue weighted by atomic mass is 32.1. The SMILES string of the molecule is COc1ccc(-c2nc(C(=O)N(C)CC(=O)Nc3cc(C)ccc3C)cs2)cc1OC. The zero-order valence-electron chi connectivity index (χ0n) is 18.2. The summed E-state index contributed by atoms with van der Waals surface area (Å²) in [6, 6.07) is 11.3. The molecule has 3 rings (SSSR count). The summed E-state index contributed by atoms with van der Waals surface area (Å²) >= 11 is 1.35. The largest absolute Gasteiger partial charge is 0.493 e. The molecule has 0 saturated carbocycles. The van der Waals surface area contributed by atoms with Crippen LogP contribution in [0, 0.1) is 13.8 Å². The Kier molecular flexibility index (Phi) is 6.91. The molecule has 2 aromatic carbocycles. The first-order valence-electron chi connectivity index (χ1n) is 9.63. The molecule has 0 radical (unpaired) electrons. The number of methoxy groups -OCH3 is 2. The number of rotatable bonds is 7. The van der Waals surface area contributed by atoms with Crippen LogP contribution < -0.4 is 14.8 Å². The predicted octanol–water partition coefficient (Wildman–Crippen LogP) is 4.15. The van der Waals surface area contributed by atoms with E-state index in [0.717, 1.165) is 22.4 Å². The molecule has 1 N–H and O–H groups in total. The summed E-state index contributed by atoms with van der Waals surface area (Å²) in [5, 5.41) is 5.23. The lowest BCUT2D eigenvalue weighted by Gasteiger charge is -2.16. The molecular weight excluding hydrogens is 414 g/mol. The average Bonchev–Trinajstić information content (AvgIpc) is 3.25. The Bertz CT molecular complexity index is 1110. The minimum absolute atomic E-state index is 0.0740. The van der Waals surface area contributed by atoms with E-state index < -0.39 is 0 Å². The van der Waals surface area contributed by atoms with Gasteiger partial charge in [0, 0.05) is 23.7 Å². The third-order valence-electron chi connectivity index (χ3n) is 4.75. The van der Waals surface area contributed by atoms with Crippen LogP contribution in [0.1, 0.15) is 21.6 Å². The number of nitrogens with zero attached hydrogens (tertiary/aromatic N) is 2. The van der Waals surface area contributed by atoms with E-state index in [2.05, 4.69) is 10.3 Å². The van der Waals surface area contributed by atoms with Crippen molar-refractivity contribution in [1.82, 2.24) is 9.88 Å². The van der Waals surface area contributed by atoms with Crippen molar-refractivity contribution in [3.63, 3.8) is 0 Å². The van der Waals surface area contributed by atoms with E-state index in [1.54, 1.807) is 32.7 Å². The summed E-state index contributed by atoms with van der Waals surface area (Å²) in [6.45, 7) is 3.81. The Morgan fingerprint density at radius 2 is 1.81 bits per heavy atom. The molecule has 0 saturated heterocycles. The zero-order chi connectivity index (χ0) is 22.5. The minimum Gasteiger partial charge on any atom is -0.493 e. The van der Waals surface area contributed by atoms with Gasteiger partial charge < -0.3 is 19.7 Å². The maximum Gasteiger partial charge on any atom is 0.273 e. The highest BCUT2D eigenvalue weighted by Crippen LogP contribution is 2.33. The Morgan fingerprint density at radius 1 is 1.06 bits per heavy atom. The minimum atomic E-state index is -0.320. The summed E-state index contributed by atoms with van der Waals surface area (Å²) in [5.74, 6) is 0.621. The van der Waals surface area contributed by atoms with Crippen molar-refractivity contribution < 1.29 is 19.1 Å². The molecule has 2 amide bonds. The van der Waals surface area contributed by atoms with Crippen LogP contribution in [0.15, 0.2) is 41.8 Å². The smallest absolute Gasteiger partial charge is 0.273 e. The number of carbonyl (C=O) groups excluding carboxylic acids is 2. The van der Waals surface area contributed by atoms with Gasteiger partial charge in [0.1, 0.15) is 10.7 Å². The first-order chi connectivity index (χ1) is 14.8. The van der Waals surface area contributed by atoms with Crippen molar-refractivity contribution in [1.29, 1.82) is 0 Å². The monoisotopic (exact) mass is 439 g/mol. The fourth-order valence-corrected chi connectivity index (χ4v) is 3.81. The van der Waals surface area contributed by atoms with E-state index in [9.17, 15) is 9.59 Å². The second-order valence-corrected chi connectivity index (χ2v) is 7.99. The molecule has 0 spiro atoms. The van der Waals surface area contributed by atoms with Gasteiger partial charge in [0.2, 0.25) is 5.91 Å². The Morgan fingerprint density at radius 3 is 2.52 bits per heavy atom. The molecule has 1 heterocycles. The summed E-state index contributed by atoms with van der Waals surface area (Å²) in [5.41, 5.74) is 3.87. The van der Waals surface area contributed by atoms with E-state index in [4.69, 9.17) is 9.47 Å². The number of likely N-dealkylation sites (N-methyl/N-ethyl adjacent to an activating group) is 1. The number of benzene rings is 2. The standard InChI is InChI=1S/C23H25N3O4S/c1-14-6-7-15(2)17(10-14)24-21(27)12-26(3)23(28)18-13-31-22(25-18)16-8-9-19(29-4)20(11-16)30-5/h6-11,13H,12H2,1-5H3,(H,24,27). The fraction of sp³-hybridized carbons (Fsp3) is 0.261. The first kappa shape index (κ1) is 22.3. The lowest BCUT2D eigenvalue weighted by Crippen LogP contribution is -2.35. The van der Waals surface area contributed by atoms with Gasteiger partial charge in [-0.3, -0.25) is 9.59 Å². The van der Waals surface area contributed by atoms with Gasteiger partial charge in [-0.25, -0.2) is 4.98 Å². The molecule has 0 atom stereocenters. The maximum absolute atomic E-state index is 12.8. The van der Waals surface area contributed by atoms with Crippen LogP contribution in [0.4, 0.5) is 5.69 Å². The average molecular weight is 440 g/mol. The number of aryl methyl sites for hydroxylation is 2. The van der Waals surface area contributed by atoms with E-state index in [0.29, 0.717) is 16.5 Å². The number of nitrogens with one attached hydrogen (secondary N) is 1. The van der Waals surface area contributed by atoms with Crippen LogP contribution in [0.3, 0.4) is 0 Å². The predicted molar refractivity (Wildman–Crippen MR) is 122 cm³/mol. The van der Waals surface area contributed by atoms with Gasteiger partial charge in [-0.1, -0.05) is 12.1 Å². The van der Waals surface area contributed by atoms with Gasteiger partial charge >= 0.3 is 0 Å². The number of amides is 2. The molecule has 8 heteroatoms. The van der Waals surface area contributed by atoms with Gasteiger partial charge in [-0.15, -0.1) is 11.3 Å². The summed E-state index contributed by atoms with van der Waals surface area (Å²) in [6.07, 6.45) is 0. The van der Waals surface area contributed by atoms with E-state index in [1.165, 1.54) is 16.2 Å². The third-order valence-corrected chi connectivity index (χ3v) is 5.64. The lowest BCUT2D eigenvalue weighted by atomic mass is 10.1. The summed E-state index contributed by atoms with van der Waals surface area (Å²) < 4.78 is 10.6. The second-order valence-electron chi connectivity index (χ2n) is 7.14. The normalized spacial score (nSPS) is 10.5.